The quantitative estimate of drug-likeness (QED) is 0.922. The van der Waals surface area contributed by atoms with Gasteiger partial charge in [0.1, 0.15) is 0 Å². The molecule has 0 radical (unpaired) electrons. The van der Waals surface area contributed by atoms with Gasteiger partial charge in [0.2, 0.25) is 0 Å². The van der Waals surface area contributed by atoms with Crippen LogP contribution in [0, 0.1) is 0 Å². The maximum atomic E-state index is 10.8. The highest BCUT2D eigenvalue weighted by atomic mass is 32.1. The Bertz CT molecular complexity index is 451. The molecular formula is C14H22N2O2S. The van der Waals surface area contributed by atoms with Crippen LogP contribution in [0.25, 0.3) is 0 Å². The molecular weight excluding hydrogens is 260 g/mol. The van der Waals surface area contributed by atoms with E-state index < -0.39 is 5.97 Å². The molecule has 1 aliphatic rings. The molecule has 0 amide bonds. The lowest BCUT2D eigenvalue weighted by Crippen LogP contribution is -2.31. The maximum Gasteiger partial charge on any atom is 0.304 e. The molecule has 1 aromatic rings. The molecule has 1 fully saturated rings. The first-order valence-corrected chi connectivity index (χ1v) is 7.65. The molecule has 1 aliphatic heterocycles. The van der Waals surface area contributed by atoms with E-state index in [2.05, 4.69) is 36.0 Å². The van der Waals surface area contributed by atoms with Crippen LogP contribution in [0.1, 0.15) is 50.7 Å². The molecule has 5 heteroatoms. The standard InChI is InChI=1S/C14H22N2O2S/c1-14(2,3)13-15-10(9-19-13)8-16-6-4-5-11(16)7-12(17)18/h9,11H,4-8H2,1-3H3,(H,17,18). The summed E-state index contributed by atoms with van der Waals surface area (Å²) in [6.07, 6.45) is 2.33. The predicted octanol–water partition coefficient (Wildman–Crippen LogP) is 2.88. The number of hydrogen-bond donors (Lipinski definition) is 1. The van der Waals surface area contributed by atoms with Crippen LogP contribution in [-0.2, 0) is 16.8 Å². The van der Waals surface area contributed by atoms with Crippen molar-refractivity contribution in [2.75, 3.05) is 6.54 Å². The maximum absolute atomic E-state index is 10.8. The van der Waals surface area contributed by atoms with Crippen molar-refractivity contribution >= 4 is 17.3 Å². The van der Waals surface area contributed by atoms with Gasteiger partial charge in [-0.3, -0.25) is 9.69 Å². The number of likely N-dealkylation sites (tertiary alicyclic amines) is 1. The van der Waals surface area contributed by atoms with Gasteiger partial charge in [-0.1, -0.05) is 20.8 Å². The second-order valence-corrected chi connectivity index (χ2v) is 7.12. The summed E-state index contributed by atoms with van der Waals surface area (Å²) in [4.78, 5) is 17.8. The molecule has 2 rings (SSSR count). The molecule has 0 saturated carbocycles. The Morgan fingerprint density at radius 2 is 2.32 bits per heavy atom. The summed E-state index contributed by atoms with van der Waals surface area (Å²) in [5, 5.41) is 12.2. The van der Waals surface area contributed by atoms with Gasteiger partial charge in [0, 0.05) is 23.4 Å². The first kappa shape index (κ1) is 14.5. The van der Waals surface area contributed by atoms with E-state index in [0.717, 1.165) is 36.6 Å². The zero-order valence-electron chi connectivity index (χ0n) is 11.8. The summed E-state index contributed by atoms with van der Waals surface area (Å²) in [7, 11) is 0. The van der Waals surface area contributed by atoms with Crippen molar-refractivity contribution in [3.63, 3.8) is 0 Å². The van der Waals surface area contributed by atoms with Crippen LogP contribution in [0.2, 0.25) is 0 Å². The highest BCUT2D eigenvalue weighted by molar-refractivity contribution is 7.09. The fourth-order valence-electron chi connectivity index (χ4n) is 2.47. The number of thiazole rings is 1. The van der Waals surface area contributed by atoms with Crippen molar-refractivity contribution in [3.05, 3.63) is 16.1 Å². The smallest absolute Gasteiger partial charge is 0.304 e. The SMILES string of the molecule is CC(C)(C)c1nc(CN2CCCC2CC(=O)O)cs1. The van der Waals surface area contributed by atoms with Crippen LogP contribution >= 0.6 is 11.3 Å². The van der Waals surface area contributed by atoms with Crippen LogP contribution in [-0.4, -0.2) is 33.5 Å². The van der Waals surface area contributed by atoms with Gasteiger partial charge in [0.25, 0.3) is 0 Å². The molecule has 0 aromatic carbocycles. The zero-order chi connectivity index (χ0) is 14.0. The van der Waals surface area contributed by atoms with E-state index in [4.69, 9.17) is 5.11 Å². The van der Waals surface area contributed by atoms with Crippen molar-refractivity contribution in [1.29, 1.82) is 0 Å². The molecule has 0 bridgehead atoms. The van der Waals surface area contributed by atoms with Crippen molar-refractivity contribution in [1.82, 2.24) is 9.88 Å². The molecule has 1 unspecified atom stereocenters. The van der Waals surface area contributed by atoms with E-state index in [1.165, 1.54) is 0 Å². The minimum Gasteiger partial charge on any atom is -0.481 e. The monoisotopic (exact) mass is 282 g/mol. The van der Waals surface area contributed by atoms with Gasteiger partial charge in [-0.15, -0.1) is 11.3 Å². The van der Waals surface area contributed by atoms with Gasteiger partial charge in [-0.05, 0) is 19.4 Å². The fraction of sp³-hybridized carbons (Fsp3) is 0.714. The van der Waals surface area contributed by atoms with E-state index >= 15 is 0 Å². The molecule has 2 heterocycles. The van der Waals surface area contributed by atoms with E-state index in [0.29, 0.717) is 0 Å². The lowest BCUT2D eigenvalue weighted by molar-refractivity contribution is -0.138. The molecule has 1 saturated heterocycles. The van der Waals surface area contributed by atoms with Crippen molar-refractivity contribution < 1.29 is 9.90 Å². The zero-order valence-corrected chi connectivity index (χ0v) is 12.7. The molecule has 4 nitrogen and oxygen atoms in total. The summed E-state index contributed by atoms with van der Waals surface area (Å²) >= 11 is 1.70. The molecule has 1 atom stereocenters. The van der Waals surface area contributed by atoms with Crippen LogP contribution in [0.3, 0.4) is 0 Å². The normalized spacial score (nSPS) is 20.9. The molecule has 0 spiro atoms. The Morgan fingerprint density at radius 1 is 1.58 bits per heavy atom. The third-order valence-corrected chi connectivity index (χ3v) is 4.78. The number of carbonyl (C=O) groups is 1. The third-order valence-electron chi connectivity index (χ3n) is 3.47. The van der Waals surface area contributed by atoms with Crippen LogP contribution < -0.4 is 0 Å². The van der Waals surface area contributed by atoms with Crippen LogP contribution in [0.15, 0.2) is 5.38 Å². The Balaban J connectivity index is 2.00. The fourth-order valence-corrected chi connectivity index (χ4v) is 3.37. The largest absolute Gasteiger partial charge is 0.481 e. The van der Waals surface area contributed by atoms with Gasteiger partial charge in [0.15, 0.2) is 0 Å². The highest BCUT2D eigenvalue weighted by Crippen LogP contribution is 2.28. The third kappa shape index (κ3) is 3.76. The molecule has 106 valence electrons. The number of carboxylic acid groups (broad SMARTS) is 1. The second kappa shape index (κ2) is 5.59. The number of nitrogens with zero attached hydrogens (tertiary/aromatic N) is 2. The molecule has 1 N–H and O–H groups in total. The lowest BCUT2D eigenvalue weighted by Gasteiger charge is -2.22. The minimum absolute atomic E-state index is 0.0917. The first-order valence-electron chi connectivity index (χ1n) is 6.77. The minimum atomic E-state index is -0.703. The Hall–Kier alpha value is -0.940. The summed E-state index contributed by atoms with van der Waals surface area (Å²) < 4.78 is 0. The van der Waals surface area contributed by atoms with E-state index in [1.54, 1.807) is 11.3 Å². The summed E-state index contributed by atoms with van der Waals surface area (Å²) in [6.45, 7) is 8.26. The predicted molar refractivity (Wildman–Crippen MR) is 76.5 cm³/mol. The van der Waals surface area contributed by atoms with E-state index in [-0.39, 0.29) is 17.9 Å². The topological polar surface area (TPSA) is 53.4 Å². The first-order chi connectivity index (χ1) is 8.86. The van der Waals surface area contributed by atoms with Crippen molar-refractivity contribution in [3.8, 4) is 0 Å². The number of hydrogen-bond acceptors (Lipinski definition) is 4. The van der Waals surface area contributed by atoms with Crippen LogP contribution in [0.4, 0.5) is 0 Å². The van der Waals surface area contributed by atoms with Crippen LogP contribution in [0.5, 0.6) is 0 Å². The summed E-state index contributed by atoms with van der Waals surface area (Å²) in [6, 6.07) is 0.178. The van der Waals surface area contributed by atoms with Crippen molar-refractivity contribution in [2.24, 2.45) is 0 Å². The molecule has 1 aromatic heterocycles. The van der Waals surface area contributed by atoms with Gasteiger partial charge < -0.3 is 5.11 Å². The van der Waals surface area contributed by atoms with E-state index in [9.17, 15) is 4.79 Å². The van der Waals surface area contributed by atoms with Gasteiger partial charge in [-0.2, -0.15) is 0 Å². The van der Waals surface area contributed by atoms with Crippen molar-refractivity contribution in [2.45, 2.75) is 58.0 Å². The van der Waals surface area contributed by atoms with Gasteiger partial charge in [-0.25, -0.2) is 4.98 Å². The average Bonchev–Trinajstić information content (AvgIpc) is 2.88. The second-order valence-electron chi connectivity index (χ2n) is 6.26. The van der Waals surface area contributed by atoms with Gasteiger partial charge in [0.05, 0.1) is 17.1 Å². The average molecular weight is 282 g/mol. The Morgan fingerprint density at radius 3 is 2.89 bits per heavy atom. The Kier molecular flexibility index (Phi) is 4.26. The van der Waals surface area contributed by atoms with E-state index in [1.807, 2.05) is 0 Å². The highest BCUT2D eigenvalue weighted by Gasteiger charge is 2.27. The van der Waals surface area contributed by atoms with Gasteiger partial charge >= 0.3 is 5.97 Å². The number of aliphatic carboxylic acids is 1. The summed E-state index contributed by atoms with van der Waals surface area (Å²) in [5.41, 5.74) is 1.17. The molecule has 0 aliphatic carbocycles. The number of carboxylic acids is 1. The molecule has 19 heavy (non-hydrogen) atoms. The number of rotatable bonds is 4. The lowest BCUT2D eigenvalue weighted by atomic mass is 9.98. The Labute approximate surface area is 118 Å². The summed E-state index contributed by atoms with van der Waals surface area (Å²) in [5.74, 6) is -0.703. The number of aromatic nitrogens is 1.